The summed E-state index contributed by atoms with van der Waals surface area (Å²) in [5.74, 6) is 0. The van der Waals surface area contributed by atoms with Crippen LogP contribution in [0.3, 0.4) is 0 Å². The largest absolute Gasteiger partial charge is 0.389 e. The van der Waals surface area contributed by atoms with Gasteiger partial charge in [0.15, 0.2) is 0 Å². The second-order valence-electron chi connectivity index (χ2n) is 3.20. The highest BCUT2D eigenvalue weighted by Gasteiger charge is 2.39. The zero-order chi connectivity index (χ0) is 11.3. The molecule has 0 saturated carbocycles. The molecule has 0 spiro atoms. The molecule has 1 heterocycles. The first kappa shape index (κ1) is 12.0. The molecule has 1 saturated heterocycles. The number of hydrogen-bond acceptors (Lipinski definition) is 2. The van der Waals surface area contributed by atoms with Gasteiger partial charge in [-0.15, -0.1) is 0 Å². The number of ether oxygens (including phenoxy) is 1. The molecule has 1 rings (SSSR count). The van der Waals surface area contributed by atoms with Gasteiger partial charge in [0.1, 0.15) is 12.4 Å². The van der Waals surface area contributed by atoms with E-state index in [1.54, 1.807) is 12.2 Å². The molecule has 5 heteroatoms. The van der Waals surface area contributed by atoms with Crippen molar-refractivity contribution in [3.8, 4) is 0 Å². The Kier molecular flexibility index (Phi) is 4.08. The molecule has 1 fully saturated rings. The number of alkyl halides is 3. The van der Waals surface area contributed by atoms with Crippen LogP contribution in [0.2, 0.25) is 0 Å². The maximum atomic E-state index is 11.8. The lowest BCUT2D eigenvalue weighted by atomic mass is 10.2. The van der Waals surface area contributed by atoms with Gasteiger partial charge in [-0.05, 0) is 12.5 Å². The van der Waals surface area contributed by atoms with Crippen molar-refractivity contribution >= 4 is 6.29 Å². The Hall–Kier alpha value is -1.10. The van der Waals surface area contributed by atoms with E-state index in [2.05, 4.69) is 0 Å². The van der Waals surface area contributed by atoms with Gasteiger partial charge in [0, 0.05) is 6.42 Å². The van der Waals surface area contributed by atoms with Gasteiger partial charge in [0.2, 0.25) is 0 Å². The Morgan fingerprint density at radius 3 is 2.53 bits per heavy atom. The quantitative estimate of drug-likeness (QED) is 0.308. The predicted molar refractivity (Wildman–Crippen MR) is 48.3 cm³/mol. The molecule has 0 radical (unpaired) electrons. The van der Waals surface area contributed by atoms with Crippen molar-refractivity contribution in [3.05, 3.63) is 24.3 Å². The van der Waals surface area contributed by atoms with E-state index in [0.29, 0.717) is 6.29 Å². The average Bonchev–Trinajstić information content (AvgIpc) is 2.87. The highest BCUT2D eigenvalue weighted by molar-refractivity contribution is 5.65. The van der Waals surface area contributed by atoms with Crippen molar-refractivity contribution in [2.45, 2.75) is 31.2 Å². The summed E-state index contributed by atoms with van der Waals surface area (Å²) in [5, 5.41) is 0. The number of halogens is 3. The van der Waals surface area contributed by atoms with Crippen LogP contribution in [0.5, 0.6) is 0 Å². The van der Waals surface area contributed by atoms with Crippen molar-refractivity contribution in [1.29, 1.82) is 0 Å². The Labute approximate surface area is 85.4 Å². The summed E-state index contributed by atoms with van der Waals surface area (Å²) in [6, 6.07) is 0. The molecule has 2 nitrogen and oxygen atoms in total. The summed E-state index contributed by atoms with van der Waals surface area (Å²) in [7, 11) is 0. The molecule has 1 aliphatic heterocycles. The number of carbonyl (C=O) groups excluding carboxylic acids is 1. The third-order valence-corrected chi connectivity index (χ3v) is 1.94. The van der Waals surface area contributed by atoms with Crippen molar-refractivity contribution < 1.29 is 22.7 Å². The van der Waals surface area contributed by atoms with Crippen LogP contribution in [0.25, 0.3) is 0 Å². The fourth-order valence-electron chi connectivity index (χ4n) is 1.15. The van der Waals surface area contributed by atoms with E-state index in [0.717, 1.165) is 0 Å². The first-order valence-corrected chi connectivity index (χ1v) is 4.54. The fraction of sp³-hybridized carbons (Fsp3) is 0.500. The monoisotopic (exact) mass is 220 g/mol. The number of allylic oxidation sites excluding steroid dienone is 3. The molecule has 84 valence electrons. The van der Waals surface area contributed by atoms with E-state index in [9.17, 15) is 18.0 Å². The van der Waals surface area contributed by atoms with Crippen LogP contribution in [0.15, 0.2) is 24.3 Å². The molecular formula is C10H11F3O2. The number of rotatable bonds is 5. The molecule has 0 amide bonds. The van der Waals surface area contributed by atoms with Gasteiger partial charge >= 0.3 is 6.18 Å². The lowest BCUT2D eigenvalue weighted by Gasteiger charge is -2.02. The van der Waals surface area contributed by atoms with Crippen LogP contribution >= 0.6 is 0 Å². The third kappa shape index (κ3) is 5.37. The third-order valence-electron chi connectivity index (χ3n) is 1.94. The van der Waals surface area contributed by atoms with Crippen molar-refractivity contribution in [1.82, 2.24) is 0 Å². The van der Waals surface area contributed by atoms with E-state index in [-0.39, 0.29) is 18.6 Å². The highest BCUT2D eigenvalue weighted by atomic mass is 19.4. The first-order valence-electron chi connectivity index (χ1n) is 4.54. The molecule has 1 aliphatic rings. The van der Waals surface area contributed by atoms with E-state index >= 15 is 0 Å². The standard InChI is InChI=1S/C10H11F3O2/c11-10(12,13)6-5-9-8(15-9)4-2-1-3-7-14/h1-4,7-9H,5-6H2/t8-,9-/m0/s1. The Bertz CT molecular complexity index is 268. The summed E-state index contributed by atoms with van der Waals surface area (Å²) >= 11 is 0. The summed E-state index contributed by atoms with van der Waals surface area (Å²) in [6.45, 7) is 0. The van der Waals surface area contributed by atoms with Crippen LogP contribution in [-0.4, -0.2) is 24.7 Å². The second kappa shape index (κ2) is 5.11. The van der Waals surface area contributed by atoms with E-state index < -0.39 is 12.6 Å². The average molecular weight is 220 g/mol. The fourth-order valence-corrected chi connectivity index (χ4v) is 1.15. The summed E-state index contributed by atoms with van der Waals surface area (Å²) in [5.41, 5.74) is 0. The summed E-state index contributed by atoms with van der Waals surface area (Å²) in [6.07, 6.45) is 1.17. The van der Waals surface area contributed by atoms with Crippen LogP contribution in [-0.2, 0) is 9.53 Å². The number of hydrogen-bond donors (Lipinski definition) is 0. The summed E-state index contributed by atoms with van der Waals surface area (Å²) < 4.78 is 40.4. The second-order valence-corrected chi connectivity index (χ2v) is 3.20. The van der Waals surface area contributed by atoms with Crippen LogP contribution in [0.1, 0.15) is 12.8 Å². The maximum Gasteiger partial charge on any atom is 0.389 e. The minimum atomic E-state index is -4.11. The Morgan fingerprint density at radius 2 is 1.93 bits per heavy atom. The zero-order valence-electron chi connectivity index (χ0n) is 7.91. The molecule has 0 aromatic rings. The van der Waals surface area contributed by atoms with Gasteiger partial charge in [-0.1, -0.05) is 18.2 Å². The molecule has 0 aliphatic carbocycles. The molecule has 0 aromatic heterocycles. The molecule has 2 atom stereocenters. The van der Waals surface area contributed by atoms with E-state index in [1.807, 2.05) is 0 Å². The van der Waals surface area contributed by atoms with Crippen LogP contribution < -0.4 is 0 Å². The molecular weight excluding hydrogens is 209 g/mol. The molecule has 0 unspecified atom stereocenters. The molecule has 0 aromatic carbocycles. The minimum absolute atomic E-state index is 0.00407. The van der Waals surface area contributed by atoms with Gasteiger partial charge in [-0.3, -0.25) is 4.79 Å². The number of aldehydes is 1. The van der Waals surface area contributed by atoms with Crippen LogP contribution in [0.4, 0.5) is 13.2 Å². The van der Waals surface area contributed by atoms with Crippen LogP contribution in [0, 0.1) is 0 Å². The predicted octanol–water partition coefficient (Wildman–Crippen LogP) is 2.41. The normalized spacial score (nSPS) is 26.3. The number of carbonyl (C=O) groups is 1. The van der Waals surface area contributed by atoms with E-state index in [4.69, 9.17) is 4.74 Å². The van der Waals surface area contributed by atoms with Gasteiger partial charge in [-0.25, -0.2) is 0 Å². The van der Waals surface area contributed by atoms with E-state index in [1.165, 1.54) is 12.2 Å². The smallest absolute Gasteiger partial charge is 0.365 e. The zero-order valence-corrected chi connectivity index (χ0v) is 7.91. The highest BCUT2D eigenvalue weighted by Crippen LogP contribution is 2.32. The Balaban J connectivity index is 2.15. The van der Waals surface area contributed by atoms with Gasteiger partial charge in [-0.2, -0.15) is 13.2 Å². The Morgan fingerprint density at radius 1 is 1.20 bits per heavy atom. The SMILES string of the molecule is O=CC=CC=C[C@@H]1O[C@H]1CCC(F)(F)F. The lowest BCUT2D eigenvalue weighted by molar-refractivity contribution is -0.136. The summed E-state index contributed by atoms with van der Waals surface area (Å²) in [4.78, 5) is 9.87. The number of epoxide rings is 1. The van der Waals surface area contributed by atoms with Crippen molar-refractivity contribution in [2.24, 2.45) is 0 Å². The lowest BCUT2D eigenvalue weighted by Crippen LogP contribution is -2.08. The molecule has 0 N–H and O–H groups in total. The topological polar surface area (TPSA) is 29.6 Å². The molecule has 0 bridgehead atoms. The van der Waals surface area contributed by atoms with Crippen molar-refractivity contribution in [3.63, 3.8) is 0 Å². The van der Waals surface area contributed by atoms with Gasteiger partial charge in [0.05, 0.1) is 6.10 Å². The van der Waals surface area contributed by atoms with Gasteiger partial charge < -0.3 is 4.74 Å². The minimum Gasteiger partial charge on any atom is -0.365 e. The maximum absolute atomic E-state index is 11.8. The first-order chi connectivity index (χ1) is 7.03. The van der Waals surface area contributed by atoms with Gasteiger partial charge in [0.25, 0.3) is 0 Å². The van der Waals surface area contributed by atoms with Crippen molar-refractivity contribution in [2.75, 3.05) is 0 Å². The molecule has 15 heavy (non-hydrogen) atoms.